The number of hydrogen-bond donors (Lipinski definition) is 4. The minimum absolute atomic E-state index is 0.0449. The molecule has 112 valence electrons. The molecule has 1 aliphatic carbocycles. The summed E-state index contributed by atoms with van der Waals surface area (Å²) in [7, 11) is 0. The Morgan fingerprint density at radius 3 is 2.45 bits per heavy atom. The Hall–Kier alpha value is -1.83. The van der Waals surface area contributed by atoms with Crippen LogP contribution in [0.4, 0.5) is 4.79 Å². The zero-order valence-electron chi connectivity index (χ0n) is 10.9. The zero-order chi connectivity index (χ0) is 14.9. The first kappa shape index (κ1) is 14.6. The van der Waals surface area contributed by atoms with E-state index in [4.69, 9.17) is 10.2 Å². The van der Waals surface area contributed by atoms with Crippen molar-refractivity contribution < 1.29 is 29.7 Å². The van der Waals surface area contributed by atoms with Crippen molar-refractivity contribution in [1.29, 1.82) is 0 Å². The van der Waals surface area contributed by atoms with Gasteiger partial charge in [0.05, 0.1) is 12.5 Å². The normalized spacial score (nSPS) is 29.9. The van der Waals surface area contributed by atoms with E-state index in [2.05, 4.69) is 5.32 Å². The maximum atomic E-state index is 12.0. The van der Waals surface area contributed by atoms with Gasteiger partial charge in [-0.2, -0.15) is 0 Å². The average molecular weight is 286 g/mol. The topological polar surface area (TPSA) is 127 Å². The quantitative estimate of drug-likeness (QED) is 0.542. The molecule has 2 fully saturated rings. The Bertz CT molecular complexity index is 426. The second-order valence-corrected chi connectivity index (χ2v) is 5.41. The molecule has 2 aliphatic rings. The Morgan fingerprint density at radius 2 is 1.90 bits per heavy atom. The van der Waals surface area contributed by atoms with Crippen molar-refractivity contribution in [2.75, 3.05) is 13.1 Å². The molecule has 1 heterocycles. The molecule has 8 heteroatoms. The Balaban J connectivity index is 1.91. The van der Waals surface area contributed by atoms with Crippen molar-refractivity contribution in [3.63, 3.8) is 0 Å². The highest BCUT2D eigenvalue weighted by Crippen LogP contribution is 2.37. The average Bonchev–Trinajstić information content (AvgIpc) is 2.90. The highest BCUT2D eigenvalue weighted by molar-refractivity contribution is 5.86. The van der Waals surface area contributed by atoms with E-state index in [0.29, 0.717) is 13.1 Å². The molecule has 1 saturated heterocycles. The van der Waals surface area contributed by atoms with Gasteiger partial charge < -0.3 is 25.5 Å². The summed E-state index contributed by atoms with van der Waals surface area (Å²) in [4.78, 5) is 34.9. The van der Waals surface area contributed by atoms with Gasteiger partial charge in [-0.05, 0) is 18.8 Å². The van der Waals surface area contributed by atoms with Crippen LogP contribution in [-0.4, -0.2) is 63.4 Å². The van der Waals surface area contributed by atoms with E-state index in [1.165, 1.54) is 4.90 Å². The maximum absolute atomic E-state index is 12.0. The molecule has 1 saturated carbocycles. The summed E-state index contributed by atoms with van der Waals surface area (Å²) in [5.74, 6) is -2.37. The molecular formula is C12H18N2O6. The minimum Gasteiger partial charge on any atom is -0.481 e. The number of aliphatic carboxylic acids is 2. The summed E-state index contributed by atoms with van der Waals surface area (Å²) in [6.07, 6.45) is 0.520. The molecule has 20 heavy (non-hydrogen) atoms. The number of carbonyl (C=O) groups is 3. The Labute approximate surface area is 115 Å². The van der Waals surface area contributed by atoms with Crippen LogP contribution in [0.15, 0.2) is 0 Å². The fourth-order valence-corrected chi connectivity index (χ4v) is 3.02. The van der Waals surface area contributed by atoms with Crippen LogP contribution in [-0.2, 0) is 9.59 Å². The van der Waals surface area contributed by atoms with Crippen molar-refractivity contribution in [2.45, 2.75) is 31.4 Å². The predicted octanol–water partition coefficient (Wildman–Crippen LogP) is -0.673. The van der Waals surface area contributed by atoms with E-state index in [-0.39, 0.29) is 11.8 Å². The van der Waals surface area contributed by atoms with Gasteiger partial charge >= 0.3 is 18.0 Å². The number of fused-ring (bicyclic) bond motifs is 1. The Morgan fingerprint density at radius 1 is 1.20 bits per heavy atom. The molecule has 2 amide bonds. The van der Waals surface area contributed by atoms with Gasteiger partial charge in [-0.3, -0.25) is 4.79 Å². The molecule has 0 aromatic heterocycles. The second kappa shape index (κ2) is 5.66. The van der Waals surface area contributed by atoms with Crippen LogP contribution in [0, 0.1) is 11.8 Å². The number of hydrogen-bond acceptors (Lipinski definition) is 4. The summed E-state index contributed by atoms with van der Waals surface area (Å²) in [6.45, 7) is 0.865. The van der Waals surface area contributed by atoms with Gasteiger partial charge in [0.15, 0.2) is 0 Å². The molecule has 1 aliphatic heterocycles. The zero-order valence-corrected chi connectivity index (χ0v) is 10.9. The molecule has 0 bridgehead atoms. The van der Waals surface area contributed by atoms with E-state index in [0.717, 1.165) is 12.8 Å². The SMILES string of the molecule is O=C(O)CC(NC(=O)N1CC2CCC(O)C2C1)C(=O)O. The number of aliphatic hydroxyl groups is 1. The van der Waals surface area contributed by atoms with E-state index in [1.807, 2.05) is 0 Å². The number of carboxylic acids is 2. The molecule has 0 spiro atoms. The summed E-state index contributed by atoms with van der Waals surface area (Å²) in [5, 5.41) is 29.5. The molecular weight excluding hydrogens is 268 g/mol. The minimum atomic E-state index is -1.44. The van der Waals surface area contributed by atoms with Crippen LogP contribution >= 0.6 is 0 Å². The first-order valence-electron chi connectivity index (χ1n) is 6.56. The van der Waals surface area contributed by atoms with E-state index < -0.39 is 36.5 Å². The highest BCUT2D eigenvalue weighted by Gasteiger charge is 2.43. The third-order valence-corrected chi connectivity index (χ3v) is 4.08. The van der Waals surface area contributed by atoms with Crippen molar-refractivity contribution in [3.05, 3.63) is 0 Å². The van der Waals surface area contributed by atoms with Gasteiger partial charge in [0, 0.05) is 19.0 Å². The smallest absolute Gasteiger partial charge is 0.326 e. The molecule has 8 nitrogen and oxygen atoms in total. The fraction of sp³-hybridized carbons (Fsp3) is 0.750. The lowest BCUT2D eigenvalue weighted by Crippen LogP contribution is -2.48. The largest absolute Gasteiger partial charge is 0.481 e. The molecule has 0 radical (unpaired) electrons. The monoisotopic (exact) mass is 286 g/mol. The molecule has 4 unspecified atom stereocenters. The number of amides is 2. The van der Waals surface area contributed by atoms with Crippen molar-refractivity contribution in [3.8, 4) is 0 Å². The Kier molecular flexibility index (Phi) is 4.12. The third-order valence-electron chi connectivity index (χ3n) is 4.08. The van der Waals surface area contributed by atoms with Crippen LogP contribution in [0.1, 0.15) is 19.3 Å². The number of rotatable bonds is 4. The molecule has 4 N–H and O–H groups in total. The van der Waals surface area contributed by atoms with Crippen molar-refractivity contribution in [1.82, 2.24) is 10.2 Å². The molecule has 0 aromatic rings. The molecule has 2 rings (SSSR count). The van der Waals surface area contributed by atoms with Gasteiger partial charge in [0.1, 0.15) is 6.04 Å². The summed E-state index contributed by atoms with van der Waals surface area (Å²) >= 11 is 0. The number of nitrogens with one attached hydrogen (secondary N) is 1. The van der Waals surface area contributed by atoms with Crippen molar-refractivity contribution in [2.24, 2.45) is 11.8 Å². The lowest BCUT2D eigenvalue weighted by molar-refractivity contribution is -0.145. The number of likely N-dealkylation sites (tertiary alicyclic amines) is 1. The predicted molar refractivity (Wildman–Crippen MR) is 66.0 cm³/mol. The van der Waals surface area contributed by atoms with Crippen LogP contribution < -0.4 is 5.32 Å². The summed E-state index contributed by atoms with van der Waals surface area (Å²) in [6, 6.07) is -2.02. The standard InChI is InChI=1S/C12H18N2O6/c15-9-2-1-6-4-14(5-7(6)9)12(20)13-8(11(18)19)3-10(16)17/h6-9,15H,1-5H2,(H,13,20)(H,16,17)(H,18,19). The summed E-state index contributed by atoms with van der Waals surface area (Å²) in [5.41, 5.74) is 0. The second-order valence-electron chi connectivity index (χ2n) is 5.41. The van der Waals surface area contributed by atoms with Crippen molar-refractivity contribution >= 4 is 18.0 Å². The molecule has 0 aromatic carbocycles. The van der Waals surface area contributed by atoms with Gasteiger partial charge in [-0.1, -0.05) is 0 Å². The molecule has 4 atom stereocenters. The number of aliphatic hydroxyl groups excluding tert-OH is 1. The van der Waals surface area contributed by atoms with E-state index in [1.54, 1.807) is 0 Å². The van der Waals surface area contributed by atoms with Gasteiger partial charge in [-0.25, -0.2) is 9.59 Å². The number of urea groups is 1. The number of nitrogens with zero attached hydrogens (tertiary/aromatic N) is 1. The van der Waals surface area contributed by atoms with Crippen LogP contribution in [0.25, 0.3) is 0 Å². The van der Waals surface area contributed by atoms with Gasteiger partial charge in [0.25, 0.3) is 0 Å². The highest BCUT2D eigenvalue weighted by atomic mass is 16.4. The van der Waals surface area contributed by atoms with Crippen LogP contribution in [0.5, 0.6) is 0 Å². The fourth-order valence-electron chi connectivity index (χ4n) is 3.02. The van der Waals surface area contributed by atoms with Crippen LogP contribution in [0.3, 0.4) is 0 Å². The third kappa shape index (κ3) is 3.01. The number of carboxylic acid groups (broad SMARTS) is 2. The van der Waals surface area contributed by atoms with Gasteiger partial charge in [0.2, 0.25) is 0 Å². The number of carbonyl (C=O) groups excluding carboxylic acids is 1. The summed E-state index contributed by atoms with van der Waals surface area (Å²) < 4.78 is 0. The lowest BCUT2D eigenvalue weighted by Gasteiger charge is -2.21. The van der Waals surface area contributed by atoms with Gasteiger partial charge in [-0.15, -0.1) is 0 Å². The maximum Gasteiger partial charge on any atom is 0.326 e. The van der Waals surface area contributed by atoms with E-state index >= 15 is 0 Å². The first-order chi connectivity index (χ1) is 9.38. The van der Waals surface area contributed by atoms with E-state index in [9.17, 15) is 19.5 Å². The first-order valence-corrected chi connectivity index (χ1v) is 6.56. The lowest BCUT2D eigenvalue weighted by atomic mass is 10.00. The van der Waals surface area contributed by atoms with Crippen LogP contribution in [0.2, 0.25) is 0 Å².